The zero-order valence-corrected chi connectivity index (χ0v) is 15.3. The van der Waals surface area contributed by atoms with Gasteiger partial charge in [-0.2, -0.15) is 11.8 Å². The van der Waals surface area contributed by atoms with Crippen LogP contribution in [0.3, 0.4) is 0 Å². The molecule has 1 saturated heterocycles. The van der Waals surface area contributed by atoms with Crippen LogP contribution in [0, 0.1) is 0 Å². The molecule has 2 aromatic carbocycles. The molecule has 1 fully saturated rings. The molecule has 0 unspecified atom stereocenters. The van der Waals surface area contributed by atoms with E-state index in [0.29, 0.717) is 17.9 Å². The van der Waals surface area contributed by atoms with Gasteiger partial charge in [0.05, 0.1) is 5.57 Å². The number of fused-ring (bicyclic) bond motifs is 2. The van der Waals surface area contributed by atoms with Crippen molar-refractivity contribution >= 4 is 34.7 Å². The predicted molar refractivity (Wildman–Crippen MR) is 106 cm³/mol. The minimum atomic E-state index is -0.0797. The van der Waals surface area contributed by atoms with Gasteiger partial charge < -0.3 is 10.1 Å². The van der Waals surface area contributed by atoms with Crippen LogP contribution < -0.4 is 5.32 Å². The molecule has 0 saturated carbocycles. The minimum absolute atomic E-state index is 0.0797. The van der Waals surface area contributed by atoms with Crippen LogP contribution in [0.1, 0.15) is 22.3 Å². The molecule has 1 amide bonds. The Morgan fingerprint density at radius 2 is 1.92 bits per heavy atom. The van der Waals surface area contributed by atoms with Crippen LogP contribution in [0.5, 0.6) is 0 Å². The molecule has 5 rings (SSSR count). The fourth-order valence-electron chi connectivity index (χ4n) is 3.88. The highest BCUT2D eigenvalue weighted by molar-refractivity contribution is 7.99. The van der Waals surface area contributed by atoms with E-state index >= 15 is 0 Å². The van der Waals surface area contributed by atoms with E-state index in [1.165, 1.54) is 22.6 Å². The zero-order chi connectivity index (χ0) is 17.5. The first-order valence-electron chi connectivity index (χ1n) is 9.00. The number of para-hydroxylation sites is 1. The quantitative estimate of drug-likeness (QED) is 0.827. The molecule has 0 aromatic heterocycles. The Balaban J connectivity index is 1.48. The lowest BCUT2D eigenvalue weighted by Crippen LogP contribution is -2.31. The molecule has 26 heavy (non-hydrogen) atoms. The summed E-state index contributed by atoms with van der Waals surface area (Å²) in [5.74, 6) is 3.07. The number of rotatable bonds is 2. The monoisotopic (exact) mass is 364 g/mol. The maximum atomic E-state index is 12.5. The summed E-state index contributed by atoms with van der Waals surface area (Å²) < 4.78 is 5.98. The third-order valence-electron chi connectivity index (χ3n) is 5.19. The van der Waals surface area contributed by atoms with Gasteiger partial charge in [-0.25, -0.2) is 0 Å². The van der Waals surface area contributed by atoms with Gasteiger partial charge >= 0.3 is 0 Å². The van der Waals surface area contributed by atoms with Gasteiger partial charge in [-0.15, -0.1) is 0 Å². The first-order valence-corrected chi connectivity index (χ1v) is 10.2. The molecule has 5 heteroatoms. The van der Waals surface area contributed by atoms with Gasteiger partial charge in [-0.3, -0.25) is 9.69 Å². The third kappa shape index (κ3) is 2.72. The van der Waals surface area contributed by atoms with Gasteiger partial charge in [0.2, 0.25) is 0 Å². The number of hydrogen-bond acceptors (Lipinski definition) is 4. The minimum Gasteiger partial charge on any atom is -0.487 e. The summed E-state index contributed by atoms with van der Waals surface area (Å²) in [6.07, 6.45) is 0. The highest BCUT2D eigenvalue weighted by Crippen LogP contribution is 2.41. The first kappa shape index (κ1) is 16.0. The number of benzene rings is 2. The number of carbonyl (C=O) groups excluding carboxylic acids is 1. The Morgan fingerprint density at radius 1 is 1.08 bits per heavy atom. The van der Waals surface area contributed by atoms with Crippen molar-refractivity contribution in [1.29, 1.82) is 0 Å². The van der Waals surface area contributed by atoms with Crippen LogP contribution in [0.2, 0.25) is 0 Å². The number of nitrogens with zero attached hydrogens (tertiary/aromatic N) is 1. The van der Waals surface area contributed by atoms with Crippen molar-refractivity contribution in [2.75, 3.05) is 29.9 Å². The van der Waals surface area contributed by atoms with Crippen LogP contribution in [0.4, 0.5) is 5.69 Å². The van der Waals surface area contributed by atoms with Gasteiger partial charge in [-0.1, -0.05) is 36.4 Å². The van der Waals surface area contributed by atoms with E-state index in [2.05, 4.69) is 28.4 Å². The Hall–Kier alpha value is -2.24. The Morgan fingerprint density at radius 3 is 2.81 bits per heavy atom. The molecular weight excluding hydrogens is 344 g/mol. The van der Waals surface area contributed by atoms with Crippen molar-refractivity contribution in [1.82, 2.24) is 4.90 Å². The van der Waals surface area contributed by atoms with Crippen molar-refractivity contribution < 1.29 is 9.53 Å². The lowest BCUT2D eigenvalue weighted by Gasteiger charge is -2.26. The van der Waals surface area contributed by atoms with E-state index < -0.39 is 0 Å². The van der Waals surface area contributed by atoms with Crippen LogP contribution >= 0.6 is 11.8 Å². The maximum absolute atomic E-state index is 12.5. The average molecular weight is 364 g/mol. The van der Waals surface area contributed by atoms with Gasteiger partial charge in [-0.05, 0) is 11.6 Å². The van der Waals surface area contributed by atoms with E-state index in [1.54, 1.807) is 0 Å². The summed E-state index contributed by atoms with van der Waals surface area (Å²) in [4.78, 5) is 15.0. The second kappa shape index (κ2) is 6.49. The van der Waals surface area contributed by atoms with E-state index in [1.807, 2.05) is 36.0 Å². The molecule has 4 nitrogen and oxygen atoms in total. The summed E-state index contributed by atoms with van der Waals surface area (Å²) in [6, 6.07) is 14.3. The smallest absolute Gasteiger partial charge is 0.260 e. The number of ether oxygens (including phenoxy) is 1. The second-order valence-corrected chi connectivity index (χ2v) is 8.10. The van der Waals surface area contributed by atoms with Gasteiger partial charge in [0, 0.05) is 53.5 Å². The number of hydrogen-bond donors (Lipinski definition) is 1. The molecular formula is C21H20N2O2S. The summed E-state index contributed by atoms with van der Waals surface area (Å²) in [5, 5.41) is 2.94. The Labute approximate surface area is 157 Å². The lowest BCUT2D eigenvalue weighted by molar-refractivity contribution is -0.110. The Kier molecular flexibility index (Phi) is 3.98. The lowest BCUT2D eigenvalue weighted by atomic mass is 9.99. The van der Waals surface area contributed by atoms with Crippen LogP contribution in [-0.2, 0) is 22.7 Å². The predicted octanol–water partition coefficient (Wildman–Crippen LogP) is 3.59. The van der Waals surface area contributed by atoms with E-state index in [9.17, 15) is 4.79 Å². The molecule has 3 aliphatic rings. The normalized spacial score (nSPS) is 21.9. The first-order chi connectivity index (χ1) is 12.8. The van der Waals surface area contributed by atoms with E-state index in [0.717, 1.165) is 36.4 Å². The molecule has 3 heterocycles. The third-order valence-corrected chi connectivity index (χ3v) is 6.14. The number of nitrogens with one attached hydrogen (secondary N) is 1. The summed E-state index contributed by atoms with van der Waals surface area (Å²) in [7, 11) is 0. The summed E-state index contributed by atoms with van der Waals surface area (Å²) >= 11 is 2.03. The van der Waals surface area contributed by atoms with E-state index in [-0.39, 0.29) is 5.91 Å². The molecule has 0 bridgehead atoms. The van der Waals surface area contributed by atoms with Gasteiger partial charge in [0.25, 0.3) is 5.91 Å². The molecule has 132 valence electrons. The molecule has 0 atom stereocenters. The molecule has 2 aromatic rings. The van der Waals surface area contributed by atoms with Crippen LogP contribution in [-0.4, -0.2) is 35.4 Å². The average Bonchev–Trinajstić information content (AvgIpc) is 3.21. The van der Waals surface area contributed by atoms with Crippen molar-refractivity contribution in [2.24, 2.45) is 0 Å². The highest BCUT2D eigenvalue weighted by atomic mass is 32.2. The fourth-order valence-corrected chi connectivity index (χ4v) is 4.86. The molecule has 0 radical (unpaired) electrons. The van der Waals surface area contributed by atoms with Gasteiger partial charge in [0.1, 0.15) is 12.4 Å². The van der Waals surface area contributed by atoms with Crippen molar-refractivity contribution in [3.8, 4) is 0 Å². The Bertz CT molecular complexity index is 916. The van der Waals surface area contributed by atoms with Gasteiger partial charge in [0.15, 0.2) is 0 Å². The second-order valence-electron chi connectivity index (χ2n) is 6.87. The SMILES string of the molecule is O=C1Nc2ccccc2/C1=C1\OCc2cc(CN3CCSCC3)ccc21. The van der Waals surface area contributed by atoms with Crippen LogP contribution in [0.25, 0.3) is 11.3 Å². The highest BCUT2D eigenvalue weighted by Gasteiger charge is 2.32. The van der Waals surface area contributed by atoms with Crippen molar-refractivity contribution in [3.05, 3.63) is 64.7 Å². The summed E-state index contributed by atoms with van der Waals surface area (Å²) in [6.45, 7) is 3.84. The number of amides is 1. The number of thioether (sulfide) groups is 1. The number of carbonyl (C=O) groups is 1. The van der Waals surface area contributed by atoms with Crippen molar-refractivity contribution in [3.63, 3.8) is 0 Å². The number of anilines is 1. The molecule has 3 aliphatic heterocycles. The molecule has 1 N–H and O–H groups in total. The zero-order valence-electron chi connectivity index (χ0n) is 14.5. The fraction of sp³-hybridized carbons (Fsp3) is 0.286. The van der Waals surface area contributed by atoms with Crippen LogP contribution in [0.15, 0.2) is 42.5 Å². The summed E-state index contributed by atoms with van der Waals surface area (Å²) in [5.41, 5.74) is 5.98. The standard InChI is InChI=1S/C21H20N2O2S/c24-21-19(17-3-1-2-4-18(17)22-21)20-16-6-5-14(11-15(16)13-25-20)12-23-7-9-26-10-8-23/h1-6,11H,7-10,12-13H2,(H,22,24)/b20-19+. The van der Waals surface area contributed by atoms with E-state index in [4.69, 9.17) is 4.74 Å². The maximum Gasteiger partial charge on any atom is 0.260 e. The topological polar surface area (TPSA) is 41.6 Å². The largest absolute Gasteiger partial charge is 0.487 e. The molecule has 0 spiro atoms. The van der Waals surface area contributed by atoms with Crippen molar-refractivity contribution in [2.45, 2.75) is 13.2 Å². The molecule has 0 aliphatic carbocycles.